The lowest BCUT2D eigenvalue weighted by molar-refractivity contribution is -0.140. The van der Waals surface area contributed by atoms with Crippen LogP contribution in [0, 0.1) is 17.2 Å². The van der Waals surface area contributed by atoms with Crippen LogP contribution in [0.1, 0.15) is 18.4 Å². The Hall–Kier alpha value is -2.35. The summed E-state index contributed by atoms with van der Waals surface area (Å²) in [4.78, 5) is 25.9. The van der Waals surface area contributed by atoms with Crippen LogP contribution in [0.3, 0.4) is 0 Å². The van der Waals surface area contributed by atoms with E-state index < -0.39 is 12.0 Å². The van der Waals surface area contributed by atoms with Gasteiger partial charge >= 0.3 is 0 Å². The molecular formula is C16H19N3O2. The Morgan fingerprint density at radius 2 is 2.14 bits per heavy atom. The zero-order valence-electron chi connectivity index (χ0n) is 12.1. The molecule has 1 heterocycles. The molecule has 1 aliphatic heterocycles. The maximum Gasteiger partial charge on any atom is 0.242 e. The van der Waals surface area contributed by atoms with Crippen LogP contribution in [-0.2, 0) is 16.0 Å². The summed E-state index contributed by atoms with van der Waals surface area (Å²) in [5.74, 6) is -1.14. The molecule has 110 valence electrons. The van der Waals surface area contributed by atoms with Crippen LogP contribution in [0.4, 0.5) is 0 Å². The number of nitrogens with zero attached hydrogens (tertiary/aromatic N) is 2. The SMILES string of the molecule is CNC(=O)C1CCCN1C(=O)C(C#N)Cc1ccccc1. The summed E-state index contributed by atoms with van der Waals surface area (Å²) >= 11 is 0. The Morgan fingerprint density at radius 3 is 2.76 bits per heavy atom. The lowest BCUT2D eigenvalue weighted by atomic mass is 9.99. The second kappa shape index (κ2) is 6.89. The van der Waals surface area contributed by atoms with Crippen LogP contribution in [-0.4, -0.2) is 36.3 Å². The van der Waals surface area contributed by atoms with E-state index in [-0.39, 0.29) is 11.8 Å². The first-order valence-electron chi connectivity index (χ1n) is 7.13. The first-order valence-corrected chi connectivity index (χ1v) is 7.13. The van der Waals surface area contributed by atoms with E-state index >= 15 is 0 Å². The summed E-state index contributed by atoms with van der Waals surface area (Å²) in [6.45, 7) is 0.546. The van der Waals surface area contributed by atoms with Gasteiger partial charge in [0.25, 0.3) is 0 Å². The third-order valence-electron chi connectivity index (χ3n) is 3.82. The Bertz CT molecular complexity index is 550. The van der Waals surface area contributed by atoms with Crippen molar-refractivity contribution in [2.45, 2.75) is 25.3 Å². The number of hydrogen-bond acceptors (Lipinski definition) is 3. The van der Waals surface area contributed by atoms with Crippen molar-refractivity contribution >= 4 is 11.8 Å². The van der Waals surface area contributed by atoms with E-state index in [0.29, 0.717) is 19.4 Å². The molecule has 1 aromatic carbocycles. The molecule has 0 aromatic heterocycles. The molecule has 1 aliphatic rings. The van der Waals surface area contributed by atoms with Crippen LogP contribution in [0.15, 0.2) is 30.3 Å². The lowest BCUT2D eigenvalue weighted by Gasteiger charge is -2.25. The maximum absolute atomic E-state index is 12.5. The molecule has 1 aromatic rings. The average molecular weight is 285 g/mol. The van der Waals surface area contributed by atoms with E-state index in [1.165, 1.54) is 0 Å². The molecule has 0 spiro atoms. The van der Waals surface area contributed by atoms with Gasteiger partial charge in [-0.15, -0.1) is 0 Å². The molecule has 0 saturated carbocycles. The highest BCUT2D eigenvalue weighted by Gasteiger charge is 2.36. The van der Waals surface area contributed by atoms with E-state index in [1.54, 1.807) is 11.9 Å². The zero-order chi connectivity index (χ0) is 15.2. The van der Waals surface area contributed by atoms with Crippen molar-refractivity contribution in [1.82, 2.24) is 10.2 Å². The number of hydrogen-bond donors (Lipinski definition) is 1. The molecule has 1 N–H and O–H groups in total. The molecule has 5 heteroatoms. The van der Waals surface area contributed by atoms with Crippen LogP contribution < -0.4 is 5.32 Å². The number of likely N-dealkylation sites (N-methyl/N-ethyl adjacent to an activating group) is 1. The van der Waals surface area contributed by atoms with Gasteiger partial charge in [0.15, 0.2) is 0 Å². The highest BCUT2D eigenvalue weighted by molar-refractivity contribution is 5.90. The van der Waals surface area contributed by atoms with Crippen molar-refractivity contribution in [3.63, 3.8) is 0 Å². The van der Waals surface area contributed by atoms with Gasteiger partial charge in [-0.1, -0.05) is 30.3 Å². The largest absolute Gasteiger partial charge is 0.357 e. The van der Waals surface area contributed by atoms with E-state index in [1.807, 2.05) is 30.3 Å². The predicted molar refractivity (Wildman–Crippen MR) is 78.1 cm³/mol. The van der Waals surface area contributed by atoms with Crippen LogP contribution in [0.25, 0.3) is 0 Å². The number of rotatable bonds is 4. The third-order valence-corrected chi connectivity index (χ3v) is 3.82. The summed E-state index contributed by atoms with van der Waals surface area (Å²) in [5, 5.41) is 11.9. The van der Waals surface area contributed by atoms with Gasteiger partial charge in [0, 0.05) is 13.6 Å². The van der Waals surface area contributed by atoms with Gasteiger partial charge in [0.05, 0.1) is 6.07 Å². The van der Waals surface area contributed by atoms with Gasteiger partial charge in [-0.3, -0.25) is 9.59 Å². The molecular weight excluding hydrogens is 266 g/mol. The standard InChI is InChI=1S/C16H19N3O2/c1-18-15(20)14-8-5-9-19(14)16(21)13(11-17)10-12-6-3-2-4-7-12/h2-4,6-7,13-14H,5,8-10H2,1H3,(H,18,20). The number of likely N-dealkylation sites (tertiary alicyclic amines) is 1. The number of nitriles is 1. The number of amides is 2. The number of carbonyl (C=O) groups is 2. The average Bonchev–Trinajstić information content (AvgIpc) is 3.01. The van der Waals surface area contributed by atoms with Gasteiger partial charge in [0.2, 0.25) is 11.8 Å². The summed E-state index contributed by atoms with van der Waals surface area (Å²) in [6, 6.07) is 11.1. The highest BCUT2D eigenvalue weighted by atomic mass is 16.2. The Balaban J connectivity index is 2.09. The first-order chi connectivity index (χ1) is 10.2. The van der Waals surface area contributed by atoms with Crippen LogP contribution in [0.5, 0.6) is 0 Å². The fourth-order valence-electron chi connectivity index (χ4n) is 2.71. The maximum atomic E-state index is 12.5. The fourth-order valence-corrected chi connectivity index (χ4v) is 2.71. The highest BCUT2D eigenvalue weighted by Crippen LogP contribution is 2.21. The van der Waals surface area contributed by atoms with Crippen molar-refractivity contribution in [1.29, 1.82) is 5.26 Å². The molecule has 5 nitrogen and oxygen atoms in total. The van der Waals surface area contributed by atoms with Gasteiger partial charge < -0.3 is 10.2 Å². The number of nitrogens with one attached hydrogen (secondary N) is 1. The Labute approximate surface area is 124 Å². The summed E-state index contributed by atoms with van der Waals surface area (Å²) in [6.07, 6.45) is 1.84. The van der Waals surface area contributed by atoms with Crippen molar-refractivity contribution in [2.75, 3.05) is 13.6 Å². The summed E-state index contributed by atoms with van der Waals surface area (Å²) in [7, 11) is 1.56. The smallest absolute Gasteiger partial charge is 0.242 e. The second-order valence-electron chi connectivity index (χ2n) is 5.18. The predicted octanol–water partition coefficient (Wildman–Crippen LogP) is 1.11. The van der Waals surface area contributed by atoms with E-state index in [4.69, 9.17) is 0 Å². The molecule has 2 unspecified atom stereocenters. The molecule has 21 heavy (non-hydrogen) atoms. The minimum atomic E-state index is -0.738. The van der Waals surface area contributed by atoms with Crippen molar-refractivity contribution in [3.05, 3.63) is 35.9 Å². The Kier molecular flexibility index (Phi) is 4.94. The number of benzene rings is 1. The quantitative estimate of drug-likeness (QED) is 0.900. The van der Waals surface area contributed by atoms with Crippen molar-refractivity contribution in [3.8, 4) is 6.07 Å². The molecule has 2 atom stereocenters. The molecule has 0 bridgehead atoms. The van der Waals surface area contributed by atoms with Crippen molar-refractivity contribution in [2.24, 2.45) is 5.92 Å². The van der Waals surface area contributed by atoms with Crippen molar-refractivity contribution < 1.29 is 9.59 Å². The van der Waals surface area contributed by atoms with Gasteiger partial charge in [0.1, 0.15) is 12.0 Å². The molecule has 0 aliphatic carbocycles. The normalized spacial score (nSPS) is 18.9. The topological polar surface area (TPSA) is 73.2 Å². The van der Waals surface area contributed by atoms with Gasteiger partial charge in [-0.25, -0.2) is 0 Å². The van der Waals surface area contributed by atoms with Crippen LogP contribution in [0.2, 0.25) is 0 Å². The second-order valence-corrected chi connectivity index (χ2v) is 5.18. The van der Waals surface area contributed by atoms with Crippen LogP contribution >= 0.6 is 0 Å². The molecule has 2 amide bonds. The minimum absolute atomic E-state index is 0.155. The molecule has 1 saturated heterocycles. The number of carbonyl (C=O) groups excluding carboxylic acids is 2. The molecule has 2 rings (SSSR count). The van der Waals surface area contributed by atoms with E-state index in [2.05, 4.69) is 11.4 Å². The Morgan fingerprint density at radius 1 is 1.43 bits per heavy atom. The summed E-state index contributed by atoms with van der Waals surface area (Å²) in [5.41, 5.74) is 0.952. The van der Waals surface area contributed by atoms with Gasteiger partial charge in [-0.05, 0) is 24.8 Å². The monoisotopic (exact) mass is 285 g/mol. The lowest BCUT2D eigenvalue weighted by Crippen LogP contribution is -2.47. The van der Waals surface area contributed by atoms with Gasteiger partial charge in [-0.2, -0.15) is 5.26 Å². The third kappa shape index (κ3) is 3.40. The molecule has 0 radical (unpaired) electrons. The zero-order valence-corrected chi connectivity index (χ0v) is 12.1. The molecule has 1 fully saturated rings. The summed E-state index contributed by atoms with van der Waals surface area (Å²) < 4.78 is 0. The first kappa shape index (κ1) is 15.0. The van der Waals surface area contributed by atoms with E-state index in [9.17, 15) is 14.9 Å². The van der Waals surface area contributed by atoms with E-state index in [0.717, 1.165) is 12.0 Å². The fraction of sp³-hybridized carbons (Fsp3) is 0.438. The minimum Gasteiger partial charge on any atom is -0.357 e.